The second-order valence-corrected chi connectivity index (χ2v) is 6.13. The van der Waals surface area contributed by atoms with E-state index in [0.717, 1.165) is 31.1 Å². The molecule has 0 amide bonds. The van der Waals surface area contributed by atoms with Gasteiger partial charge < -0.3 is 0 Å². The molecule has 0 aromatic heterocycles. The van der Waals surface area contributed by atoms with Crippen LogP contribution in [-0.2, 0) is 24.1 Å². The van der Waals surface area contributed by atoms with Crippen molar-refractivity contribution in [3.63, 3.8) is 0 Å². The number of carbonyl (C=O) groups excluding carboxylic acids is 1. The third-order valence-corrected chi connectivity index (χ3v) is 4.05. The summed E-state index contributed by atoms with van der Waals surface area (Å²) in [5.74, 6) is 0.665. The molecule has 3 rings (SSSR count). The van der Waals surface area contributed by atoms with E-state index in [-0.39, 0.29) is 0 Å². The van der Waals surface area contributed by atoms with Crippen LogP contribution in [0.4, 0.5) is 0 Å². The van der Waals surface area contributed by atoms with Crippen LogP contribution < -0.4 is 0 Å². The lowest BCUT2D eigenvalue weighted by Crippen LogP contribution is -2.05. The van der Waals surface area contributed by atoms with Gasteiger partial charge in [0.05, 0.1) is 0 Å². The fourth-order valence-electron chi connectivity index (χ4n) is 3.08. The van der Waals surface area contributed by atoms with Crippen LogP contribution in [0.1, 0.15) is 30.5 Å². The molecule has 0 atom stereocenters. The van der Waals surface area contributed by atoms with Gasteiger partial charge in [-0.3, -0.25) is 4.79 Å². The van der Waals surface area contributed by atoms with Crippen molar-refractivity contribution < 1.29 is 4.79 Å². The Balaban J connectivity index is 2.10. The average Bonchev–Trinajstić information content (AvgIpc) is 2.44. The Kier molecular flexibility index (Phi) is 3.43. The summed E-state index contributed by atoms with van der Waals surface area (Å²) in [6.45, 7) is 4.52. The smallest absolute Gasteiger partial charge is 0.146 e. The summed E-state index contributed by atoms with van der Waals surface area (Å²) in [5.41, 5.74) is 5.03. The maximum absolute atomic E-state index is 10.9. The van der Waals surface area contributed by atoms with E-state index in [4.69, 9.17) is 0 Å². The molecular weight excluding hydrogens is 244 g/mol. The van der Waals surface area contributed by atoms with Crippen molar-refractivity contribution in [2.75, 3.05) is 0 Å². The molecule has 1 aliphatic rings. The highest BCUT2D eigenvalue weighted by molar-refractivity contribution is 5.88. The standard InChI is InChI=1S/C19H20O/c1-13(2)8-16-4-3-5-17-10-18-9-14(12-20)6-7-15(18)11-19(16)17/h3-6,10-13H,7-9H2,1-2H3. The minimum Gasteiger partial charge on any atom is -0.298 e. The molecule has 0 fully saturated rings. The largest absolute Gasteiger partial charge is 0.298 e. The Hall–Kier alpha value is -1.89. The molecule has 2 aromatic carbocycles. The quantitative estimate of drug-likeness (QED) is 0.757. The number of fused-ring (bicyclic) bond motifs is 2. The topological polar surface area (TPSA) is 17.1 Å². The first kappa shape index (κ1) is 13.1. The summed E-state index contributed by atoms with van der Waals surface area (Å²) in [5, 5.41) is 2.68. The fourth-order valence-corrected chi connectivity index (χ4v) is 3.08. The molecule has 1 nitrogen and oxygen atoms in total. The third-order valence-electron chi connectivity index (χ3n) is 4.05. The molecule has 0 heterocycles. The van der Waals surface area contributed by atoms with Gasteiger partial charge in [0, 0.05) is 6.42 Å². The van der Waals surface area contributed by atoms with Gasteiger partial charge in [-0.25, -0.2) is 0 Å². The molecule has 0 spiro atoms. The Morgan fingerprint density at radius 1 is 1.20 bits per heavy atom. The predicted molar refractivity (Wildman–Crippen MR) is 84.0 cm³/mol. The normalized spacial score (nSPS) is 14.2. The summed E-state index contributed by atoms with van der Waals surface area (Å²) < 4.78 is 0. The van der Waals surface area contributed by atoms with E-state index in [0.29, 0.717) is 5.92 Å². The first-order valence-electron chi connectivity index (χ1n) is 7.35. The Bertz CT molecular complexity index is 692. The molecule has 0 N–H and O–H groups in total. The van der Waals surface area contributed by atoms with Crippen LogP contribution in [-0.4, -0.2) is 6.29 Å². The van der Waals surface area contributed by atoms with Gasteiger partial charge in [-0.15, -0.1) is 0 Å². The van der Waals surface area contributed by atoms with Crippen molar-refractivity contribution in [1.82, 2.24) is 0 Å². The Labute approximate surface area is 120 Å². The van der Waals surface area contributed by atoms with Crippen molar-refractivity contribution in [2.45, 2.75) is 33.1 Å². The monoisotopic (exact) mass is 264 g/mol. The number of benzene rings is 2. The number of rotatable bonds is 3. The minimum atomic E-state index is 0.665. The van der Waals surface area contributed by atoms with E-state index in [9.17, 15) is 4.79 Å². The molecule has 1 aliphatic carbocycles. The minimum absolute atomic E-state index is 0.665. The van der Waals surface area contributed by atoms with Crippen molar-refractivity contribution in [1.29, 1.82) is 0 Å². The molecule has 0 saturated carbocycles. The van der Waals surface area contributed by atoms with Crippen LogP contribution in [0.25, 0.3) is 10.8 Å². The summed E-state index contributed by atoms with van der Waals surface area (Å²) >= 11 is 0. The number of carbonyl (C=O) groups is 1. The molecule has 20 heavy (non-hydrogen) atoms. The maximum atomic E-state index is 10.9. The molecule has 0 radical (unpaired) electrons. The van der Waals surface area contributed by atoms with Gasteiger partial charge in [0.15, 0.2) is 0 Å². The second-order valence-electron chi connectivity index (χ2n) is 6.13. The van der Waals surface area contributed by atoms with E-state index in [1.54, 1.807) is 0 Å². The van der Waals surface area contributed by atoms with Crippen LogP contribution in [0.2, 0.25) is 0 Å². The Morgan fingerprint density at radius 2 is 2.05 bits per heavy atom. The highest BCUT2D eigenvalue weighted by Gasteiger charge is 2.13. The summed E-state index contributed by atoms with van der Waals surface area (Å²) in [7, 11) is 0. The van der Waals surface area contributed by atoms with Crippen molar-refractivity contribution in [3.8, 4) is 0 Å². The summed E-state index contributed by atoms with van der Waals surface area (Å²) in [4.78, 5) is 10.9. The lowest BCUT2D eigenvalue weighted by Gasteiger charge is -2.17. The highest BCUT2D eigenvalue weighted by Crippen LogP contribution is 2.29. The van der Waals surface area contributed by atoms with E-state index < -0.39 is 0 Å². The summed E-state index contributed by atoms with van der Waals surface area (Å²) in [6, 6.07) is 11.2. The van der Waals surface area contributed by atoms with Gasteiger partial charge in [-0.1, -0.05) is 50.3 Å². The van der Waals surface area contributed by atoms with Gasteiger partial charge in [0.1, 0.15) is 6.29 Å². The lowest BCUT2D eigenvalue weighted by atomic mass is 9.87. The molecule has 2 aromatic rings. The van der Waals surface area contributed by atoms with Gasteiger partial charge in [-0.2, -0.15) is 0 Å². The van der Waals surface area contributed by atoms with Crippen molar-refractivity contribution in [3.05, 3.63) is 58.7 Å². The first-order valence-corrected chi connectivity index (χ1v) is 7.35. The fraction of sp³-hybridized carbons (Fsp3) is 0.316. The van der Waals surface area contributed by atoms with Crippen molar-refractivity contribution in [2.24, 2.45) is 5.92 Å². The average molecular weight is 264 g/mol. The van der Waals surface area contributed by atoms with Crippen LogP contribution in [0, 0.1) is 5.92 Å². The van der Waals surface area contributed by atoms with Crippen LogP contribution >= 0.6 is 0 Å². The first-order chi connectivity index (χ1) is 9.67. The highest BCUT2D eigenvalue weighted by atomic mass is 16.1. The molecule has 0 bridgehead atoms. The zero-order chi connectivity index (χ0) is 14.1. The molecular formula is C19H20O. The number of hydrogen-bond donors (Lipinski definition) is 0. The van der Waals surface area contributed by atoms with Crippen LogP contribution in [0.3, 0.4) is 0 Å². The maximum Gasteiger partial charge on any atom is 0.146 e. The molecule has 1 heteroatoms. The number of aldehydes is 1. The molecule has 0 unspecified atom stereocenters. The van der Waals surface area contributed by atoms with Gasteiger partial charge in [0.2, 0.25) is 0 Å². The van der Waals surface area contributed by atoms with Crippen LogP contribution in [0.5, 0.6) is 0 Å². The van der Waals surface area contributed by atoms with Gasteiger partial charge in [0.25, 0.3) is 0 Å². The zero-order valence-corrected chi connectivity index (χ0v) is 12.1. The zero-order valence-electron chi connectivity index (χ0n) is 12.1. The second kappa shape index (κ2) is 5.24. The lowest BCUT2D eigenvalue weighted by molar-refractivity contribution is -0.105. The van der Waals surface area contributed by atoms with Gasteiger partial charge >= 0.3 is 0 Å². The molecule has 102 valence electrons. The van der Waals surface area contributed by atoms with E-state index in [2.05, 4.69) is 50.3 Å². The van der Waals surface area contributed by atoms with E-state index in [1.165, 1.54) is 27.5 Å². The molecule has 0 saturated heterocycles. The number of allylic oxidation sites excluding steroid dienone is 2. The van der Waals surface area contributed by atoms with E-state index in [1.807, 2.05) is 0 Å². The third kappa shape index (κ3) is 2.40. The van der Waals surface area contributed by atoms with Crippen molar-refractivity contribution >= 4 is 17.1 Å². The van der Waals surface area contributed by atoms with Gasteiger partial charge in [-0.05, 0) is 51.8 Å². The summed E-state index contributed by atoms with van der Waals surface area (Å²) in [6.07, 6.45) is 5.83. The predicted octanol–water partition coefficient (Wildman–Crippen LogP) is 4.26. The Morgan fingerprint density at radius 3 is 2.80 bits per heavy atom. The number of hydrogen-bond acceptors (Lipinski definition) is 1. The van der Waals surface area contributed by atoms with E-state index >= 15 is 0 Å². The van der Waals surface area contributed by atoms with Crippen LogP contribution in [0.15, 0.2) is 42.0 Å². The molecule has 0 aliphatic heterocycles. The SMILES string of the molecule is CC(C)Cc1cccc2cc3c(cc12)CC=C(C=O)C3.